The van der Waals surface area contributed by atoms with Crippen LogP contribution in [-0.2, 0) is 6.54 Å². The van der Waals surface area contributed by atoms with Gasteiger partial charge in [0.1, 0.15) is 0 Å². The van der Waals surface area contributed by atoms with E-state index in [1.165, 1.54) is 18.4 Å². The molecule has 4 nitrogen and oxygen atoms in total. The van der Waals surface area contributed by atoms with Gasteiger partial charge in [-0.1, -0.05) is 23.2 Å². The Balaban J connectivity index is 2.14. The van der Waals surface area contributed by atoms with E-state index >= 15 is 0 Å². The SMILES string of the molecule is Nc1cc(Cl)c(Cl)c(C(=O)NCc2ccoc2)c1. The first kappa shape index (κ1) is 12.8. The molecular weight excluding hydrogens is 275 g/mol. The number of nitrogens with two attached hydrogens (primary N) is 1. The number of amides is 1. The van der Waals surface area contributed by atoms with Gasteiger partial charge in [-0.15, -0.1) is 0 Å². The normalized spacial score (nSPS) is 10.3. The highest BCUT2D eigenvalue weighted by atomic mass is 35.5. The van der Waals surface area contributed by atoms with Crippen LogP contribution in [-0.4, -0.2) is 5.91 Å². The Morgan fingerprint density at radius 2 is 2.17 bits per heavy atom. The van der Waals surface area contributed by atoms with Crippen molar-refractivity contribution in [1.29, 1.82) is 0 Å². The van der Waals surface area contributed by atoms with Gasteiger partial charge in [0.2, 0.25) is 0 Å². The number of carbonyl (C=O) groups is 1. The van der Waals surface area contributed by atoms with Crippen LogP contribution in [0.15, 0.2) is 35.1 Å². The topological polar surface area (TPSA) is 68.3 Å². The number of rotatable bonds is 3. The lowest BCUT2D eigenvalue weighted by atomic mass is 10.2. The van der Waals surface area contributed by atoms with Crippen molar-refractivity contribution in [2.75, 3.05) is 5.73 Å². The van der Waals surface area contributed by atoms with Crippen LogP contribution in [0.2, 0.25) is 10.0 Å². The molecule has 0 bridgehead atoms. The third-order valence-corrected chi connectivity index (χ3v) is 3.13. The molecule has 0 atom stereocenters. The monoisotopic (exact) mass is 284 g/mol. The molecule has 1 heterocycles. The van der Waals surface area contributed by atoms with Gasteiger partial charge < -0.3 is 15.5 Å². The van der Waals surface area contributed by atoms with E-state index < -0.39 is 0 Å². The Kier molecular flexibility index (Phi) is 3.79. The fourth-order valence-electron chi connectivity index (χ4n) is 1.45. The van der Waals surface area contributed by atoms with Crippen LogP contribution in [0.4, 0.5) is 5.69 Å². The molecule has 1 amide bonds. The van der Waals surface area contributed by atoms with Gasteiger partial charge in [0.25, 0.3) is 5.91 Å². The molecular formula is C12H10Cl2N2O2. The van der Waals surface area contributed by atoms with Crippen LogP contribution in [0.1, 0.15) is 15.9 Å². The molecule has 0 saturated carbocycles. The molecule has 0 radical (unpaired) electrons. The first-order valence-electron chi connectivity index (χ1n) is 5.11. The van der Waals surface area contributed by atoms with Crippen LogP contribution in [0, 0.1) is 0 Å². The highest BCUT2D eigenvalue weighted by Gasteiger charge is 2.14. The summed E-state index contributed by atoms with van der Waals surface area (Å²) in [5, 5.41) is 3.14. The van der Waals surface area contributed by atoms with E-state index in [-0.39, 0.29) is 21.5 Å². The van der Waals surface area contributed by atoms with Gasteiger partial charge in [0.15, 0.2) is 0 Å². The molecule has 0 aliphatic rings. The molecule has 2 rings (SSSR count). The molecule has 0 unspecified atom stereocenters. The quantitative estimate of drug-likeness (QED) is 0.851. The Morgan fingerprint density at radius 1 is 1.39 bits per heavy atom. The van der Waals surface area contributed by atoms with Crippen LogP contribution in [0.25, 0.3) is 0 Å². The number of nitrogen functional groups attached to an aromatic ring is 1. The second-order valence-corrected chi connectivity index (χ2v) is 4.46. The minimum Gasteiger partial charge on any atom is -0.472 e. The van der Waals surface area contributed by atoms with E-state index in [4.69, 9.17) is 33.4 Å². The summed E-state index contributed by atoms with van der Waals surface area (Å²) in [4.78, 5) is 11.9. The van der Waals surface area contributed by atoms with E-state index in [1.807, 2.05) is 0 Å². The van der Waals surface area contributed by atoms with Crippen LogP contribution < -0.4 is 11.1 Å². The molecule has 0 aliphatic carbocycles. The van der Waals surface area contributed by atoms with Crippen molar-refractivity contribution in [3.05, 3.63) is 51.9 Å². The minimum absolute atomic E-state index is 0.190. The third kappa shape index (κ3) is 2.78. The lowest BCUT2D eigenvalue weighted by molar-refractivity contribution is 0.0951. The van der Waals surface area contributed by atoms with Crippen molar-refractivity contribution < 1.29 is 9.21 Å². The van der Waals surface area contributed by atoms with E-state index in [0.29, 0.717) is 12.2 Å². The summed E-state index contributed by atoms with van der Waals surface area (Å²) in [5.74, 6) is -0.338. The average molecular weight is 285 g/mol. The van der Waals surface area contributed by atoms with E-state index in [9.17, 15) is 4.79 Å². The number of halogens is 2. The summed E-state index contributed by atoms with van der Waals surface area (Å²) >= 11 is 11.8. The predicted molar refractivity (Wildman–Crippen MR) is 70.8 cm³/mol. The second kappa shape index (κ2) is 5.33. The minimum atomic E-state index is -0.338. The summed E-state index contributed by atoms with van der Waals surface area (Å²) in [6.45, 7) is 0.345. The van der Waals surface area contributed by atoms with Crippen molar-refractivity contribution in [2.24, 2.45) is 0 Å². The van der Waals surface area contributed by atoms with Gasteiger partial charge in [0, 0.05) is 17.8 Å². The zero-order valence-electron chi connectivity index (χ0n) is 9.24. The molecule has 18 heavy (non-hydrogen) atoms. The standard InChI is InChI=1S/C12H10Cl2N2O2/c13-10-4-8(15)3-9(11(10)14)12(17)16-5-7-1-2-18-6-7/h1-4,6H,5,15H2,(H,16,17). The smallest absolute Gasteiger partial charge is 0.253 e. The Morgan fingerprint density at radius 3 is 2.83 bits per heavy atom. The van der Waals surface area contributed by atoms with Crippen molar-refractivity contribution in [3.8, 4) is 0 Å². The van der Waals surface area contributed by atoms with Gasteiger partial charge in [-0.05, 0) is 18.2 Å². The number of hydrogen-bond donors (Lipinski definition) is 2. The molecule has 0 aliphatic heterocycles. The lowest BCUT2D eigenvalue weighted by Gasteiger charge is -2.08. The highest BCUT2D eigenvalue weighted by molar-refractivity contribution is 6.44. The summed E-state index contributed by atoms with van der Waals surface area (Å²) in [6, 6.07) is 4.74. The van der Waals surface area contributed by atoms with E-state index in [1.54, 1.807) is 12.3 Å². The third-order valence-electron chi connectivity index (χ3n) is 2.33. The first-order valence-corrected chi connectivity index (χ1v) is 5.87. The van der Waals surface area contributed by atoms with Gasteiger partial charge in [-0.25, -0.2) is 0 Å². The van der Waals surface area contributed by atoms with E-state index in [0.717, 1.165) is 5.56 Å². The molecule has 3 N–H and O–H groups in total. The van der Waals surface area contributed by atoms with E-state index in [2.05, 4.69) is 5.32 Å². The molecule has 0 saturated heterocycles. The van der Waals surface area contributed by atoms with Gasteiger partial charge in [0.05, 0.1) is 28.1 Å². The Bertz CT molecular complexity index is 568. The number of furan rings is 1. The number of anilines is 1. The van der Waals surface area contributed by atoms with Crippen LogP contribution in [0.5, 0.6) is 0 Å². The van der Waals surface area contributed by atoms with Crippen molar-refractivity contribution in [1.82, 2.24) is 5.32 Å². The molecule has 1 aromatic carbocycles. The van der Waals surface area contributed by atoms with Crippen molar-refractivity contribution in [2.45, 2.75) is 6.54 Å². The van der Waals surface area contributed by atoms with Crippen LogP contribution >= 0.6 is 23.2 Å². The Hall–Kier alpha value is -1.65. The fraction of sp³-hybridized carbons (Fsp3) is 0.0833. The zero-order chi connectivity index (χ0) is 13.1. The predicted octanol–water partition coefficient (Wildman–Crippen LogP) is 3.10. The van der Waals surface area contributed by atoms with Crippen LogP contribution in [0.3, 0.4) is 0 Å². The number of hydrogen-bond acceptors (Lipinski definition) is 3. The number of benzene rings is 1. The summed E-state index contributed by atoms with van der Waals surface area (Å²) < 4.78 is 4.90. The Labute approximate surface area is 114 Å². The summed E-state index contributed by atoms with van der Waals surface area (Å²) in [7, 11) is 0. The maximum atomic E-state index is 11.9. The molecule has 0 spiro atoms. The molecule has 94 valence electrons. The molecule has 0 fully saturated rings. The largest absolute Gasteiger partial charge is 0.472 e. The number of nitrogens with one attached hydrogen (secondary N) is 1. The van der Waals surface area contributed by atoms with Gasteiger partial charge in [-0.3, -0.25) is 4.79 Å². The zero-order valence-corrected chi connectivity index (χ0v) is 10.8. The lowest BCUT2D eigenvalue weighted by Crippen LogP contribution is -2.23. The molecule has 1 aromatic heterocycles. The van der Waals surface area contributed by atoms with Crippen molar-refractivity contribution >= 4 is 34.8 Å². The number of carbonyl (C=O) groups excluding carboxylic acids is 1. The maximum absolute atomic E-state index is 11.9. The van der Waals surface area contributed by atoms with Gasteiger partial charge >= 0.3 is 0 Å². The maximum Gasteiger partial charge on any atom is 0.253 e. The fourth-order valence-corrected chi connectivity index (χ4v) is 1.87. The van der Waals surface area contributed by atoms with Gasteiger partial charge in [-0.2, -0.15) is 0 Å². The molecule has 2 aromatic rings. The average Bonchev–Trinajstić information content (AvgIpc) is 2.83. The van der Waals surface area contributed by atoms with Crippen molar-refractivity contribution in [3.63, 3.8) is 0 Å². The first-order chi connectivity index (χ1) is 8.58. The summed E-state index contributed by atoms with van der Waals surface area (Å²) in [6.07, 6.45) is 3.08. The second-order valence-electron chi connectivity index (χ2n) is 3.68. The molecule has 6 heteroatoms. The summed E-state index contributed by atoms with van der Waals surface area (Å²) in [5.41, 5.74) is 7.12. The highest BCUT2D eigenvalue weighted by Crippen LogP contribution is 2.28.